The summed E-state index contributed by atoms with van der Waals surface area (Å²) < 4.78 is 0. The average molecular weight is 574 g/mol. The molecule has 4 aromatic carbocycles. The van der Waals surface area contributed by atoms with Gasteiger partial charge >= 0.3 is 0 Å². The van der Waals surface area contributed by atoms with Gasteiger partial charge in [-0.1, -0.05) is 39.8 Å². The number of aryl methyl sites for hydroxylation is 2. The summed E-state index contributed by atoms with van der Waals surface area (Å²) >= 11 is 0. The second kappa shape index (κ2) is 10.3. The molecule has 0 aliphatic rings. The fourth-order valence-electron chi connectivity index (χ4n) is 5.60. The van der Waals surface area contributed by atoms with Crippen LogP contribution in [0.15, 0.2) is 12.1 Å². The van der Waals surface area contributed by atoms with Crippen LogP contribution >= 0.6 is 0 Å². The number of aromatic hydroxyl groups is 6. The van der Waals surface area contributed by atoms with Crippen molar-refractivity contribution in [3.8, 4) is 45.6 Å². The number of phenolic OH excluding ortho intramolecular Hbond substituents is 6. The fourth-order valence-corrected chi connectivity index (χ4v) is 5.60. The third kappa shape index (κ3) is 4.13. The van der Waals surface area contributed by atoms with Crippen LogP contribution in [0, 0.1) is 13.8 Å². The first-order chi connectivity index (χ1) is 17.8. The van der Waals surface area contributed by atoms with Crippen LogP contribution in [-0.2, 0) is 17.1 Å². The van der Waals surface area contributed by atoms with Crippen LogP contribution in [0.2, 0.25) is 0 Å². The molecule has 0 saturated heterocycles. The minimum absolute atomic E-state index is 0. The van der Waals surface area contributed by atoms with Crippen molar-refractivity contribution in [1.82, 2.24) is 0 Å². The summed E-state index contributed by atoms with van der Waals surface area (Å²) in [4.78, 5) is 24.0. The molecule has 0 saturated carbocycles. The van der Waals surface area contributed by atoms with E-state index in [1.165, 1.54) is 0 Å². The number of phenols is 6. The Balaban J connectivity index is 0.00000420. The van der Waals surface area contributed by atoms with Gasteiger partial charge in [-0.25, -0.2) is 0 Å². The Labute approximate surface area is 235 Å². The molecule has 0 aliphatic heterocycles. The van der Waals surface area contributed by atoms with Crippen molar-refractivity contribution in [3.63, 3.8) is 0 Å². The van der Waals surface area contributed by atoms with Crippen molar-refractivity contribution in [2.75, 3.05) is 0 Å². The number of carbonyl (C=O) groups excluding carboxylic acids is 2. The third-order valence-corrected chi connectivity index (χ3v) is 7.22. The minimum Gasteiger partial charge on any atom is -0.507 e. The third-order valence-electron chi connectivity index (χ3n) is 7.22. The molecule has 8 nitrogen and oxygen atoms in total. The van der Waals surface area contributed by atoms with Crippen molar-refractivity contribution >= 4 is 34.1 Å². The summed E-state index contributed by atoms with van der Waals surface area (Å²) in [5.74, 6) is -3.57. The summed E-state index contributed by atoms with van der Waals surface area (Å²) in [6.07, 6.45) is 0.682. The second-order valence-corrected chi connectivity index (χ2v) is 10.3. The summed E-state index contributed by atoms with van der Waals surface area (Å²) in [5.41, 5.74) is 1.33. The van der Waals surface area contributed by atoms with E-state index in [0.717, 1.165) is 0 Å². The zero-order valence-electron chi connectivity index (χ0n) is 22.3. The molecule has 0 heterocycles. The number of fused-ring (bicyclic) bond motifs is 2. The smallest absolute Gasteiger partial charge is 0.169 e. The largest absolute Gasteiger partial charge is 0.507 e. The molecule has 4 rings (SSSR count). The monoisotopic (exact) mass is 574 g/mol. The van der Waals surface area contributed by atoms with E-state index in [0.29, 0.717) is 45.6 Å². The Hall–Kier alpha value is -3.94. The molecular formula is C30H30FeO8. The molecular weight excluding hydrogens is 544 g/mol. The first kappa shape index (κ1) is 29.6. The quantitative estimate of drug-likeness (QED) is 0.0912. The van der Waals surface area contributed by atoms with Gasteiger partial charge in [0, 0.05) is 50.1 Å². The molecule has 4 aromatic rings. The van der Waals surface area contributed by atoms with E-state index in [9.17, 15) is 40.2 Å². The Bertz CT molecular complexity index is 1560. The van der Waals surface area contributed by atoms with E-state index in [1.54, 1.807) is 53.7 Å². The number of carbonyl (C=O) groups is 2. The van der Waals surface area contributed by atoms with Gasteiger partial charge < -0.3 is 30.6 Å². The maximum Gasteiger partial charge on any atom is 0.169 e. The van der Waals surface area contributed by atoms with E-state index in [1.807, 2.05) is 0 Å². The Morgan fingerprint density at radius 1 is 0.564 bits per heavy atom. The van der Waals surface area contributed by atoms with Gasteiger partial charge in [0.05, 0.1) is 11.1 Å². The zero-order chi connectivity index (χ0) is 28.4. The maximum absolute atomic E-state index is 12.0. The molecule has 206 valence electrons. The molecule has 0 aromatic heterocycles. The van der Waals surface area contributed by atoms with Crippen molar-refractivity contribution in [1.29, 1.82) is 0 Å². The molecule has 6 N–H and O–H groups in total. The van der Waals surface area contributed by atoms with Gasteiger partial charge in [-0.2, -0.15) is 0 Å². The zero-order valence-corrected chi connectivity index (χ0v) is 23.4. The van der Waals surface area contributed by atoms with Gasteiger partial charge in [0.15, 0.2) is 35.6 Å². The predicted octanol–water partition coefficient (Wildman–Crippen LogP) is 6.38. The molecule has 39 heavy (non-hydrogen) atoms. The molecule has 0 bridgehead atoms. The van der Waals surface area contributed by atoms with Crippen LogP contribution in [0.1, 0.15) is 82.5 Å². The number of benzene rings is 4. The van der Waals surface area contributed by atoms with Crippen molar-refractivity contribution < 1.29 is 57.3 Å². The number of hydrogen-bond acceptors (Lipinski definition) is 8. The van der Waals surface area contributed by atoms with Crippen LogP contribution in [-0.4, -0.2) is 43.2 Å². The average Bonchev–Trinajstić information content (AvgIpc) is 2.83. The number of hydrogen-bond donors (Lipinski definition) is 6. The Kier molecular flexibility index (Phi) is 7.84. The van der Waals surface area contributed by atoms with E-state index in [2.05, 4.69) is 0 Å². The van der Waals surface area contributed by atoms with Crippen molar-refractivity contribution in [2.24, 2.45) is 0 Å². The SMILES string of the molecule is Cc1cc2c(C(C)C)c(O)c(O)c(C=O)c2c(O)c1-c1c(C)cc2c(C(C)C)c(O)c(O)c(C=O)c2c1O.[Fe]. The molecule has 9 heteroatoms. The van der Waals surface area contributed by atoms with E-state index < -0.39 is 34.5 Å². The fraction of sp³-hybridized carbons (Fsp3) is 0.267. The summed E-state index contributed by atoms with van der Waals surface area (Å²) in [6, 6.07) is 3.31. The van der Waals surface area contributed by atoms with Crippen molar-refractivity contribution in [2.45, 2.75) is 53.4 Å². The van der Waals surface area contributed by atoms with E-state index in [-0.39, 0.29) is 61.9 Å². The topological polar surface area (TPSA) is 156 Å². The Morgan fingerprint density at radius 2 is 0.872 bits per heavy atom. The van der Waals surface area contributed by atoms with Crippen LogP contribution < -0.4 is 0 Å². The molecule has 0 spiro atoms. The minimum atomic E-state index is -0.661. The van der Waals surface area contributed by atoms with Gasteiger partial charge in [-0.3, -0.25) is 9.59 Å². The van der Waals surface area contributed by atoms with Gasteiger partial charge in [0.2, 0.25) is 0 Å². The first-order valence-electron chi connectivity index (χ1n) is 12.2. The summed E-state index contributed by atoms with van der Waals surface area (Å²) in [6.45, 7) is 10.5. The predicted molar refractivity (Wildman–Crippen MR) is 145 cm³/mol. The summed E-state index contributed by atoms with van der Waals surface area (Å²) in [7, 11) is 0. The molecule has 0 amide bonds. The van der Waals surface area contributed by atoms with Crippen molar-refractivity contribution in [3.05, 3.63) is 45.5 Å². The van der Waals surface area contributed by atoms with Crippen LogP contribution in [0.5, 0.6) is 34.5 Å². The standard InChI is InChI=1S/C30H30O8.Fe/c1-11(2)19-15-7-13(5)21(27(35)23(15)17(9-31)25(33)29(19)37)22-14(6)8-16-20(12(3)4)30(38)26(34)18(10-32)24(16)28(22)36;/h7-12,33-38H,1-6H3;. The van der Waals surface area contributed by atoms with Gasteiger partial charge in [-0.05, 0) is 47.6 Å². The van der Waals surface area contributed by atoms with Crippen LogP contribution in [0.3, 0.4) is 0 Å². The second-order valence-electron chi connectivity index (χ2n) is 10.3. The van der Waals surface area contributed by atoms with E-state index in [4.69, 9.17) is 0 Å². The molecule has 0 unspecified atom stereocenters. The first-order valence-corrected chi connectivity index (χ1v) is 12.2. The van der Waals surface area contributed by atoms with Gasteiger partial charge in [0.25, 0.3) is 0 Å². The van der Waals surface area contributed by atoms with Crippen LogP contribution in [0.25, 0.3) is 32.7 Å². The molecule has 0 atom stereocenters. The van der Waals surface area contributed by atoms with Crippen LogP contribution in [0.4, 0.5) is 0 Å². The number of aldehydes is 2. The summed E-state index contributed by atoms with van der Waals surface area (Å²) in [5, 5.41) is 66.4. The van der Waals surface area contributed by atoms with Gasteiger partial charge in [0.1, 0.15) is 11.5 Å². The normalized spacial score (nSPS) is 11.4. The van der Waals surface area contributed by atoms with E-state index >= 15 is 0 Å². The Morgan fingerprint density at radius 3 is 1.13 bits per heavy atom. The van der Waals surface area contributed by atoms with Gasteiger partial charge in [-0.15, -0.1) is 0 Å². The molecule has 0 fully saturated rings. The maximum atomic E-state index is 12.0. The molecule has 0 aliphatic carbocycles. The molecule has 0 radical (unpaired) electrons. The number of rotatable bonds is 5.